The van der Waals surface area contributed by atoms with Crippen LogP contribution in [0.5, 0.6) is 0 Å². The van der Waals surface area contributed by atoms with E-state index in [1.165, 1.54) is 11.8 Å². The number of carbonyl (C=O) groups is 3. The first-order valence-corrected chi connectivity index (χ1v) is 9.61. The van der Waals surface area contributed by atoms with E-state index in [0.717, 1.165) is 31.0 Å². The first-order chi connectivity index (χ1) is 13.3. The molecular formula is C20H23F2N3O3. The van der Waals surface area contributed by atoms with Crippen molar-refractivity contribution in [2.24, 2.45) is 11.3 Å². The van der Waals surface area contributed by atoms with Gasteiger partial charge in [0.05, 0.1) is 11.0 Å². The molecule has 150 valence electrons. The van der Waals surface area contributed by atoms with Crippen molar-refractivity contribution in [1.82, 2.24) is 14.7 Å². The summed E-state index contributed by atoms with van der Waals surface area (Å²) in [6.07, 6.45) is 1.89. The zero-order chi connectivity index (χ0) is 20.1. The average molecular weight is 391 g/mol. The highest BCUT2D eigenvalue weighted by atomic mass is 19.1. The van der Waals surface area contributed by atoms with E-state index in [1.54, 1.807) is 4.90 Å². The number of benzene rings is 1. The van der Waals surface area contributed by atoms with Crippen LogP contribution >= 0.6 is 0 Å². The third-order valence-corrected chi connectivity index (χ3v) is 6.32. The van der Waals surface area contributed by atoms with E-state index >= 15 is 0 Å². The van der Waals surface area contributed by atoms with Crippen LogP contribution in [-0.2, 0) is 9.59 Å². The number of rotatable bonds is 2. The smallest absolute Gasteiger partial charge is 0.256 e. The maximum Gasteiger partial charge on any atom is 0.256 e. The van der Waals surface area contributed by atoms with Gasteiger partial charge < -0.3 is 14.7 Å². The molecule has 0 saturated carbocycles. The van der Waals surface area contributed by atoms with E-state index in [9.17, 15) is 23.2 Å². The summed E-state index contributed by atoms with van der Waals surface area (Å²) in [7, 11) is 0. The van der Waals surface area contributed by atoms with E-state index in [4.69, 9.17) is 0 Å². The number of hydrogen-bond acceptors (Lipinski definition) is 3. The Morgan fingerprint density at radius 2 is 1.64 bits per heavy atom. The molecule has 4 rings (SSSR count). The van der Waals surface area contributed by atoms with Crippen LogP contribution in [0.2, 0.25) is 0 Å². The molecule has 0 unspecified atom stereocenters. The molecule has 3 heterocycles. The predicted molar refractivity (Wildman–Crippen MR) is 96.3 cm³/mol. The minimum Gasteiger partial charge on any atom is -0.342 e. The number of fused-ring (bicyclic) bond motifs is 1. The minimum atomic E-state index is -0.866. The molecule has 3 aliphatic rings. The van der Waals surface area contributed by atoms with Crippen LogP contribution in [0.25, 0.3) is 0 Å². The van der Waals surface area contributed by atoms with E-state index in [1.807, 2.05) is 4.90 Å². The number of likely N-dealkylation sites (tertiary alicyclic amines) is 3. The van der Waals surface area contributed by atoms with Gasteiger partial charge in [-0.15, -0.1) is 0 Å². The molecule has 2 atom stereocenters. The summed E-state index contributed by atoms with van der Waals surface area (Å²) in [5.74, 6) is -2.42. The summed E-state index contributed by atoms with van der Waals surface area (Å²) < 4.78 is 27.6. The molecule has 6 nitrogen and oxygen atoms in total. The van der Waals surface area contributed by atoms with Crippen molar-refractivity contribution in [3.8, 4) is 0 Å². The van der Waals surface area contributed by atoms with E-state index in [-0.39, 0.29) is 42.9 Å². The van der Waals surface area contributed by atoms with Crippen LogP contribution in [0.4, 0.5) is 8.78 Å². The molecule has 3 saturated heterocycles. The van der Waals surface area contributed by atoms with E-state index in [2.05, 4.69) is 0 Å². The molecule has 3 amide bonds. The molecular weight excluding hydrogens is 368 g/mol. The van der Waals surface area contributed by atoms with E-state index in [0.29, 0.717) is 19.6 Å². The maximum absolute atomic E-state index is 14.1. The first-order valence-electron chi connectivity index (χ1n) is 9.61. The molecule has 1 aromatic carbocycles. The second-order valence-corrected chi connectivity index (χ2v) is 8.06. The van der Waals surface area contributed by atoms with Gasteiger partial charge in [-0.2, -0.15) is 0 Å². The molecule has 28 heavy (non-hydrogen) atoms. The zero-order valence-electron chi connectivity index (χ0n) is 15.8. The Bertz CT molecular complexity index is 840. The van der Waals surface area contributed by atoms with Crippen molar-refractivity contribution < 1.29 is 23.2 Å². The average Bonchev–Trinajstić information content (AvgIpc) is 3.37. The number of carbonyl (C=O) groups excluding carboxylic acids is 3. The highest BCUT2D eigenvalue weighted by Gasteiger charge is 2.59. The lowest BCUT2D eigenvalue weighted by Crippen LogP contribution is -2.49. The van der Waals surface area contributed by atoms with Crippen LogP contribution in [0.15, 0.2) is 18.2 Å². The lowest BCUT2D eigenvalue weighted by atomic mass is 9.79. The number of nitrogens with zero attached hydrogens (tertiary/aromatic N) is 3. The highest BCUT2D eigenvalue weighted by molar-refractivity contribution is 5.96. The van der Waals surface area contributed by atoms with Gasteiger partial charge >= 0.3 is 0 Å². The van der Waals surface area contributed by atoms with Crippen LogP contribution in [0.1, 0.15) is 30.1 Å². The first kappa shape index (κ1) is 18.8. The van der Waals surface area contributed by atoms with Gasteiger partial charge in [0.2, 0.25) is 11.8 Å². The minimum absolute atomic E-state index is 0.0336. The molecule has 0 radical (unpaired) electrons. The van der Waals surface area contributed by atoms with Gasteiger partial charge in [-0.3, -0.25) is 14.4 Å². The van der Waals surface area contributed by atoms with Gasteiger partial charge in [-0.05, 0) is 31.0 Å². The maximum atomic E-state index is 14.1. The normalized spacial score (nSPS) is 26.7. The van der Waals surface area contributed by atoms with Crippen molar-refractivity contribution in [3.63, 3.8) is 0 Å². The molecule has 0 spiro atoms. The number of halogens is 2. The van der Waals surface area contributed by atoms with Gasteiger partial charge in [0.1, 0.15) is 11.6 Å². The summed E-state index contributed by atoms with van der Waals surface area (Å²) in [5.41, 5.74) is -1.19. The molecule has 0 aromatic heterocycles. The zero-order valence-corrected chi connectivity index (χ0v) is 15.8. The predicted octanol–water partition coefficient (Wildman–Crippen LogP) is 1.51. The Morgan fingerprint density at radius 1 is 1.00 bits per heavy atom. The Kier molecular flexibility index (Phi) is 4.59. The fraction of sp³-hybridized carbons (Fsp3) is 0.550. The van der Waals surface area contributed by atoms with Gasteiger partial charge in [0, 0.05) is 52.1 Å². The largest absolute Gasteiger partial charge is 0.342 e. The third-order valence-electron chi connectivity index (χ3n) is 6.32. The van der Waals surface area contributed by atoms with Crippen LogP contribution < -0.4 is 0 Å². The molecule has 3 aliphatic heterocycles. The van der Waals surface area contributed by atoms with E-state index < -0.39 is 23.0 Å². The number of hydrogen-bond donors (Lipinski definition) is 0. The summed E-state index contributed by atoms with van der Waals surface area (Å²) in [6, 6.07) is 2.79. The monoisotopic (exact) mass is 391 g/mol. The van der Waals surface area contributed by atoms with Gasteiger partial charge in [-0.1, -0.05) is 0 Å². The topological polar surface area (TPSA) is 60.9 Å². The second kappa shape index (κ2) is 6.83. The quantitative estimate of drug-likeness (QED) is 0.768. The molecule has 0 aliphatic carbocycles. The fourth-order valence-corrected chi connectivity index (χ4v) is 4.83. The Labute approximate surface area is 162 Å². The molecule has 8 heteroatoms. The highest BCUT2D eigenvalue weighted by Crippen LogP contribution is 2.45. The lowest BCUT2D eigenvalue weighted by Gasteiger charge is -2.32. The van der Waals surface area contributed by atoms with Crippen molar-refractivity contribution in [2.75, 3.05) is 39.3 Å². The summed E-state index contributed by atoms with van der Waals surface area (Å²) in [4.78, 5) is 43.0. The van der Waals surface area contributed by atoms with Crippen molar-refractivity contribution in [1.29, 1.82) is 0 Å². The molecule has 0 N–H and O–H groups in total. The van der Waals surface area contributed by atoms with Crippen LogP contribution in [0, 0.1) is 23.0 Å². The summed E-state index contributed by atoms with van der Waals surface area (Å²) in [5, 5.41) is 0. The lowest BCUT2D eigenvalue weighted by molar-refractivity contribution is -0.141. The molecule has 0 bridgehead atoms. The van der Waals surface area contributed by atoms with Crippen molar-refractivity contribution in [3.05, 3.63) is 35.4 Å². The van der Waals surface area contributed by atoms with Gasteiger partial charge in [0.15, 0.2) is 0 Å². The Hall–Kier alpha value is -2.51. The Balaban J connectivity index is 1.63. The van der Waals surface area contributed by atoms with Crippen molar-refractivity contribution >= 4 is 17.7 Å². The Morgan fingerprint density at radius 3 is 2.32 bits per heavy atom. The standard InChI is InChI=1S/C20H23F2N3O3/c1-13(26)24-9-14-10-25(18(27)16-8-15(21)4-5-17(16)22)12-20(14,11-24)19(28)23-6-2-3-7-23/h4-5,8,14H,2-3,6-7,9-12H2,1H3/t14-,20-/m0/s1. The second-order valence-electron chi connectivity index (χ2n) is 8.06. The van der Waals surface area contributed by atoms with Gasteiger partial charge in [-0.25, -0.2) is 8.78 Å². The number of amides is 3. The van der Waals surface area contributed by atoms with Crippen LogP contribution in [-0.4, -0.2) is 71.7 Å². The SMILES string of the molecule is CC(=O)N1C[C@H]2CN(C(=O)c3cc(F)ccc3F)C[C@@]2(C(=O)N2CCCC2)C1. The fourth-order valence-electron chi connectivity index (χ4n) is 4.83. The summed E-state index contributed by atoms with van der Waals surface area (Å²) >= 11 is 0. The summed E-state index contributed by atoms with van der Waals surface area (Å²) in [6.45, 7) is 3.85. The van der Waals surface area contributed by atoms with Crippen LogP contribution in [0.3, 0.4) is 0 Å². The van der Waals surface area contributed by atoms with Gasteiger partial charge in [0.25, 0.3) is 5.91 Å². The van der Waals surface area contributed by atoms with Crippen molar-refractivity contribution in [2.45, 2.75) is 19.8 Å². The molecule has 3 fully saturated rings. The molecule has 1 aromatic rings. The third kappa shape index (κ3) is 2.95.